The summed E-state index contributed by atoms with van der Waals surface area (Å²) in [6, 6.07) is 13.2. The number of benzene rings is 2. The van der Waals surface area contributed by atoms with Gasteiger partial charge in [0.1, 0.15) is 16.5 Å². The van der Waals surface area contributed by atoms with E-state index in [0.717, 1.165) is 24.0 Å². The van der Waals surface area contributed by atoms with Gasteiger partial charge in [0, 0.05) is 25.7 Å². The highest BCUT2D eigenvalue weighted by Crippen LogP contribution is 2.30. The summed E-state index contributed by atoms with van der Waals surface area (Å²) in [5.41, 5.74) is 0.995. The van der Waals surface area contributed by atoms with Crippen molar-refractivity contribution in [1.82, 2.24) is 10.6 Å². The summed E-state index contributed by atoms with van der Waals surface area (Å²) in [4.78, 5) is 3.83. The highest BCUT2D eigenvalue weighted by Gasteiger charge is 2.22. The Kier molecular flexibility index (Phi) is 7.09. The standard InChI is InChI=1S/C21H26FN3O3S/c1-23-21(24-12-13-29(26,27)20-9-5-3-7-18(20)22)25-14-17-6-2-4-8-19(17)28-15-16-10-11-16/h2-9,16H,10-15H2,1H3,(H2,23,24,25). The van der Waals surface area contributed by atoms with Crippen LogP contribution in [-0.2, 0) is 16.4 Å². The molecule has 0 aliphatic heterocycles. The van der Waals surface area contributed by atoms with Crippen molar-refractivity contribution < 1.29 is 17.5 Å². The van der Waals surface area contributed by atoms with Crippen LogP contribution >= 0.6 is 0 Å². The van der Waals surface area contributed by atoms with E-state index in [4.69, 9.17) is 4.74 Å². The number of hydrogen-bond acceptors (Lipinski definition) is 4. The lowest BCUT2D eigenvalue weighted by molar-refractivity contribution is 0.296. The van der Waals surface area contributed by atoms with Gasteiger partial charge in [-0.1, -0.05) is 30.3 Å². The number of halogens is 1. The fourth-order valence-electron chi connectivity index (χ4n) is 2.79. The monoisotopic (exact) mass is 419 g/mol. The van der Waals surface area contributed by atoms with Crippen LogP contribution < -0.4 is 15.4 Å². The molecular formula is C21H26FN3O3S. The predicted octanol–water partition coefficient (Wildman–Crippen LogP) is 2.75. The molecule has 0 amide bonds. The minimum absolute atomic E-state index is 0.107. The Balaban J connectivity index is 1.51. The van der Waals surface area contributed by atoms with Gasteiger partial charge >= 0.3 is 0 Å². The summed E-state index contributed by atoms with van der Waals surface area (Å²) in [5, 5.41) is 6.12. The molecule has 1 aliphatic carbocycles. The maximum Gasteiger partial charge on any atom is 0.191 e. The van der Waals surface area contributed by atoms with Crippen LogP contribution in [0.2, 0.25) is 0 Å². The molecule has 8 heteroatoms. The van der Waals surface area contributed by atoms with Gasteiger partial charge in [-0.3, -0.25) is 4.99 Å². The number of guanidine groups is 1. The van der Waals surface area contributed by atoms with Gasteiger partial charge in [0.2, 0.25) is 0 Å². The molecular weight excluding hydrogens is 393 g/mol. The van der Waals surface area contributed by atoms with Crippen LogP contribution in [0, 0.1) is 11.7 Å². The van der Waals surface area contributed by atoms with Crippen LogP contribution in [0.4, 0.5) is 4.39 Å². The molecule has 2 N–H and O–H groups in total. The Labute approximate surface area is 171 Å². The molecule has 0 saturated heterocycles. The minimum Gasteiger partial charge on any atom is -0.493 e. The Morgan fingerprint density at radius 1 is 1.14 bits per heavy atom. The number of sulfone groups is 1. The van der Waals surface area contributed by atoms with Crippen molar-refractivity contribution in [3.63, 3.8) is 0 Å². The van der Waals surface area contributed by atoms with E-state index in [2.05, 4.69) is 15.6 Å². The lowest BCUT2D eigenvalue weighted by atomic mass is 10.2. The van der Waals surface area contributed by atoms with E-state index in [1.165, 1.54) is 31.0 Å². The summed E-state index contributed by atoms with van der Waals surface area (Å²) >= 11 is 0. The molecule has 0 radical (unpaired) electrons. The summed E-state index contributed by atoms with van der Waals surface area (Å²) < 4.78 is 44.3. The van der Waals surface area contributed by atoms with Crippen LogP contribution in [0.3, 0.4) is 0 Å². The largest absolute Gasteiger partial charge is 0.493 e. The molecule has 1 fully saturated rings. The van der Waals surface area contributed by atoms with Crippen LogP contribution in [0.5, 0.6) is 5.75 Å². The van der Waals surface area contributed by atoms with Crippen LogP contribution in [0.25, 0.3) is 0 Å². The number of aliphatic imine (C=N–C) groups is 1. The maximum absolute atomic E-state index is 13.8. The average molecular weight is 420 g/mol. The second-order valence-corrected chi connectivity index (χ2v) is 9.04. The quantitative estimate of drug-likeness (QED) is 0.483. The van der Waals surface area contributed by atoms with Crippen molar-refractivity contribution in [3.05, 3.63) is 59.9 Å². The molecule has 156 valence electrons. The molecule has 1 aliphatic rings. The highest BCUT2D eigenvalue weighted by atomic mass is 32.2. The van der Waals surface area contributed by atoms with Crippen molar-refractivity contribution in [2.75, 3.05) is 26.0 Å². The van der Waals surface area contributed by atoms with Crippen molar-refractivity contribution in [3.8, 4) is 5.75 Å². The fraction of sp³-hybridized carbons (Fsp3) is 0.381. The molecule has 2 aromatic rings. The zero-order valence-corrected chi connectivity index (χ0v) is 17.2. The highest BCUT2D eigenvalue weighted by molar-refractivity contribution is 7.91. The van der Waals surface area contributed by atoms with Gasteiger partial charge in [-0.25, -0.2) is 12.8 Å². The lowest BCUT2D eigenvalue weighted by Crippen LogP contribution is -2.39. The SMILES string of the molecule is CN=C(NCCS(=O)(=O)c1ccccc1F)NCc1ccccc1OCC1CC1. The van der Waals surface area contributed by atoms with E-state index < -0.39 is 15.7 Å². The molecule has 2 aromatic carbocycles. The number of para-hydroxylation sites is 1. The molecule has 1 saturated carbocycles. The van der Waals surface area contributed by atoms with E-state index in [0.29, 0.717) is 18.4 Å². The molecule has 0 spiro atoms. The average Bonchev–Trinajstić information content (AvgIpc) is 3.54. The van der Waals surface area contributed by atoms with Crippen molar-refractivity contribution >= 4 is 15.8 Å². The Bertz CT molecular complexity index is 959. The number of rotatable bonds is 9. The Morgan fingerprint density at radius 2 is 1.86 bits per heavy atom. The zero-order chi connectivity index (χ0) is 20.7. The zero-order valence-electron chi connectivity index (χ0n) is 16.4. The lowest BCUT2D eigenvalue weighted by Gasteiger charge is -2.15. The number of ether oxygens (including phenoxy) is 1. The third-order valence-electron chi connectivity index (χ3n) is 4.65. The smallest absolute Gasteiger partial charge is 0.191 e. The summed E-state index contributed by atoms with van der Waals surface area (Å²) in [6.45, 7) is 1.33. The second-order valence-electron chi connectivity index (χ2n) is 6.96. The van der Waals surface area contributed by atoms with E-state index in [1.54, 1.807) is 7.05 Å². The molecule has 0 unspecified atom stereocenters. The van der Waals surface area contributed by atoms with E-state index in [1.807, 2.05) is 24.3 Å². The third kappa shape index (κ3) is 6.19. The van der Waals surface area contributed by atoms with Gasteiger partial charge in [0.25, 0.3) is 0 Å². The first-order valence-corrected chi connectivity index (χ1v) is 11.3. The first-order valence-electron chi connectivity index (χ1n) is 9.62. The summed E-state index contributed by atoms with van der Waals surface area (Å²) in [5.74, 6) is 0.991. The molecule has 29 heavy (non-hydrogen) atoms. The molecule has 0 heterocycles. The van der Waals surface area contributed by atoms with Gasteiger partial charge in [-0.15, -0.1) is 0 Å². The Morgan fingerprint density at radius 3 is 2.59 bits per heavy atom. The normalized spacial score (nSPS) is 14.5. The molecule has 6 nitrogen and oxygen atoms in total. The predicted molar refractivity (Wildman–Crippen MR) is 111 cm³/mol. The van der Waals surface area contributed by atoms with Crippen molar-refractivity contribution in [1.29, 1.82) is 0 Å². The van der Waals surface area contributed by atoms with Crippen LogP contribution in [0.15, 0.2) is 58.4 Å². The van der Waals surface area contributed by atoms with Crippen LogP contribution in [0.1, 0.15) is 18.4 Å². The van der Waals surface area contributed by atoms with Gasteiger partial charge in [-0.05, 0) is 37.0 Å². The van der Waals surface area contributed by atoms with Gasteiger partial charge < -0.3 is 15.4 Å². The first kappa shape index (κ1) is 21.1. The van der Waals surface area contributed by atoms with Gasteiger partial charge in [-0.2, -0.15) is 0 Å². The first-order chi connectivity index (χ1) is 14.0. The van der Waals surface area contributed by atoms with E-state index >= 15 is 0 Å². The molecule has 0 aromatic heterocycles. The number of hydrogen-bond donors (Lipinski definition) is 2. The molecule has 0 atom stereocenters. The number of nitrogens with one attached hydrogen (secondary N) is 2. The topological polar surface area (TPSA) is 79.8 Å². The minimum atomic E-state index is -3.72. The number of nitrogens with zero attached hydrogens (tertiary/aromatic N) is 1. The fourth-order valence-corrected chi connectivity index (χ4v) is 4.03. The van der Waals surface area contributed by atoms with Crippen LogP contribution in [-0.4, -0.2) is 40.3 Å². The summed E-state index contributed by atoms with van der Waals surface area (Å²) in [6.07, 6.45) is 2.46. The van der Waals surface area contributed by atoms with Gasteiger partial charge in [0.15, 0.2) is 15.8 Å². The molecule has 0 bridgehead atoms. The van der Waals surface area contributed by atoms with Crippen molar-refractivity contribution in [2.45, 2.75) is 24.3 Å². The van der Waals surface area contributed by atoms with Crippen molar-refractivity contribution in [2.24, 2.45) is 10.9 Å². The summed E-state index contributed by atoms with van der Waals surface area (Å²) in [7, 11) is -2.11. The Hall–Kier alpha value is -2.61. The second kappa shape index (κ2) is 9.73. The van der Waals surface area contributed by atoms with Gasteiger partial charge in [0.05, 0.1) is 12.4 Å². The maximum atomic E-state index is 13.8. The third-order valence-corrected chi connectivity index (χ3v) is 6.39. The van der Waals surface area contributed by atoms with E-state index in [-0.39, 0.29) is 17.2 Å². The van der Waals surface area contributed by atoms with E-state index in [9.17, 15) is 12.8 Å². The molecule has 3 rings (SSSR count).